The van der Waals surface area contributed by atoms with Crippen LogP contribution in [0, 0.1) is 25.2 Å². The smallest absolute Gasteiger partial charge is 0.184 e. The van der Waals surface area contributed by atoms with Crippen molar-refractivity contribution in [3.8, 4) is 6.07 Å². The molecular formula is C17H14BrNO. The van der Waals surface area contributed by atoms with Crippen molar-refractivity contribution in [2.75, 3.05) is 0 Å². The van der Waals surface area contributed by atoms with Gasteiger partial charge in [0.1, 0.15) is 5.92 Å². The highest BCUT2D eigenvalue weighted by molar-refractivity contribution is 9.10. The largest absolute Gasteiger partial charge is 0.292 e. The van der Waals surface area contributed by atoms with E-state index in [2.05, 4.69) is 22.0 Å². The third-order valence-electron chi connectivity index (χ3n) is 3.35. The van der Waals surface area contributed by atoms with Gasteiger partial charge in [-0.2, -0.15) is 5.26 Å². The van der Waals surface area contributed by atoms with E-state index in [4.69, 9.17) is 0 Å². The number of ketones is 1. The summed E-state index contributed by atoms with van der Waals surface area (Å²) in [5.74, 6) is -0.923. The molecule has 3 heteroatoms. The van der Waals surface area contributed by atoms with Gasteiger partial charge in [0, 0.05) is 10.0 Å². The van der Waals surface area contributed by atoms with Crippen molar-refractivity contribution in [1.82, 2.24) is 0 Å². The van der Waals surface area contributed by atoms with E-state index in [0.717, 1.165) is 21.2 Å². The number of hydrogen-bond donors (Lipinski definition) is 0. The topological polar surface area (TPSA) is 40.9 Å². The van der Waals surface area contributed by atoms with Crippen molar-refractivity contribution in [3.63, 3.8) is 0 Å². The number of nitrogens with zero attached hydrogens (tertiary/aromatic N) is 1. The predicted octanol–water partition coefficient (Wildman–Crippen LogP) is 4.56. The van der Waals surface area contributed by atoms with Crippen molar-refractivity contribution in [2.45, 2.75) is 19.8 Å². The maximum absolute atomic E-state index is 12.5. The van der Waals surface area contributed by atoms with E-state index in [1.54, 1.807) is 12.1 Å². The number of carbonyl (C=O) groups is 1. The van der Waals surface area contributed by atoms with Crippen LogP contribution in [0.1, 0.15) is 33.0 Å². The molecule has 0 fully saturated rings. The number of carbonyl (C=O) groups excluding carboxylic acids is 1. The van der Waals surface area contributed by atoms with Crippen LogP contribution in [0.5, 0.6) is 0 Å². The molecule has 2 nitrogen and oxygen atoms in total. The number of hydrogen-bond acceptors (Lipinski definition) is 2. The van der Waals surface area contributed by atoms with Crippen molar-refractivity contribution in [1.29, 1.82) is 5.26 Å². The maximum atomic E-state index is 12.5. The monoisotopic (exact) mass is 327 g/mol. The van der Waals surface area contributed by atoms with Crippen molar-refractivity contribution in [2.24, 2.45) is 0 Å². The minimum absolute atomic E-state index is 0.164. The van der Waals surface area contributed by atoms with E-state index in [0.29, 0.717) is 5.56 Å². The average Bonchev–Trinajstić information content (AvgIpc) is 2.44. The molecule has 1 atom stereocenters. The Hall–Kier alpha value is -1.92. The molecule has 100 valence electrons. The Morgan fingerprint density at radius 3 is 2.45 bits per heavy atom. The lowest BCUT2D eigenvalue weighted by Crippen LogP contribution is -2.12. The molecule has 2 aromatic carbocycles. The molecule has 0 aliphatic carbocycles. The Bertz CT molecular complexity index is 700. The van der Waals surface area contributed by atoms with Gasteiger partial charge in [-0.05, 0) is 36.6 Å². The van der Waals surface area contributed by atoms with E-state index in [1.807, 2.05) is 44.2 Å². The van der Waals surface area contributed by atoms with E-state index < -0.39 is 5.92 Å². The molecule has 2 rings (SSSR count). The predicted molar refractivity (Wildman–Crippen MR) is 82.7 cm³/mol. The first kappa shape index (κ1) is 14.5. The van der Waals surface area contributed by atoms with Crippen LogP contribution in [-0.4, -0.2) is 5.78 Å². The van der Waals surface area contributed by atoms with Crippen LogP contribution in [0.25, 0.3) is 0 Å². The van der Waals surface area contributed by atoms with Crippen LogP contribution in [0.4, 0.5) is 0 Å². The molecule has 0 saturated carbocycles. The summed E-state index contributed by atoms with van der Waals surface area (Å²) in [6.07, 6.45) is 0. The minimum Gasteiger partial charge on any atom is -0.292 e. The van der Waals surface area contributed by atoms with Crippen LogP contribution in [0.3, 0.4) is 0 Å². The van der Waals surface area contributed by atoms with Gasteiger partial charge < -0.3 is 0 Å². The Morgan fingerprint density at radius 1 is 1.15 bits per heavy atom. The van der Waals surface area contributed by atoms with Crippen LogP contribution in [0.2, 0.25) is 0 Å². The Morgan fingerprint density at radius 2 is 1.85 bits per heavy atom. The van der Waals surface area contributed by atoms with Gasteiger partial charge in [-0.1, -0.05) is 52.3 Å². The van der Waals surface area contributed by atoms with Gasteiger partial charge in [0.15, 0.2) is 5.78 Å². The highest BCUT2D eigenvalue weighted by atomic mass is 79.9. The summed E-state index contributed by atoms with van der Waals surface area (Å²) in [4.78, 5) is 12.5. The summed E-state index contributed by atoms with van der Waals surface area (Å²) in [5.41, 5.74) is 3.35. The number of aryl methyl sites for hydroxylation is 2. The van der Waals surface area contributed by atoms with Crippen molar-refractivity contribution in [3.05, 3.63) is 69.2 Å². The lowest BCUT2D eigenvalue weighted by atomic mass is 9.89. The van der Waals surface area contributed by atoms with Crippen LogP contribution < -0.4 is 0 Å². The summed E-state index contributed by atoms with van der Waals surface area (Å²) >= 11 is 3.42. The molecule has 2 aromatic rings. The molecule has 0 radical (unpaired) electrons. The summed E-state index contributed by atoms with van der Waals surface area (Å²) < 4.78 is 0.879. The molecule has 0 saturated heterocycles. The van der Waals surface area contributed by atoms with Gasteiger partial charge in [0.2, 0.25) is 0 Å². The van der Waals surface area contributed by atoms with Gasteiger partial charge in [-0.25, -0.2) is 0 Å². The Balaban J connectivity index is 2.42. The second-order valence-electron chi connectivity index (χ2n) is 4.75. The SMILES string of the molecule is Cc1ccc(C(=O)C(C#N)c2ccccc2C)cc1Br. The third kappa shape index (κ3) is 2.81. The zero-order chi connectivity index (χ0) is 14.7. The lowest BCUT2D eigenvalue weighted by molar-refractivity contribution is 0.0978. The second kappa shape index (κ2) is 6.02. The molecule has 0 heterocycles. The maximum Gasteiger partial charge on any atom is 0.184 e. The minimum atomic E-state index is -0.759. The normalized spacial score (nSPS) is 11.7. The molecule has 0 spiro atoms. The average molecular weight is 328 g/mol. The number of rotatable bonds is 3. The fourth-order valence-corrected chi connectivity index (χ4v) is 2.47. The molecule has 0 bridgehead atoms. The van der Waals surface area contributed by atoms with Gasteiger partial charge in [-0.3, -0.25) is 4.79 Å². The zero-order valence-corrected chi connectivity index (χ0v) is 12.9. The number of Topliss-reactive ketones (excluding diaryl/α,β-unsaturated/α-hetero) is 1. The van der Waals surface area contributed by atoms with E-state index in [-0.39, 0.29) is 5.78 Å². The van der Waals surface area contributed by atoms with Crippen LogP contribution in [-0.2, 0) is 0 Å². The summed E-state index contributed by atoms with van der Waals surface area (Å²) in [5, 5.41) is 9.38. The Labute approximate surface area is 127 Å². The third-order valence-corrected chi connectivity index (χ3v) is 4.20. The fraction of sp³-hybridized carbons (Fsp3) is 0.176. The number of halogens is 1. The molecule has 0 N–H and O–H groups in total. The quantitative estimate of drug-likeness (QED) is 0.775. The summed E-state index contributed by atoms with van der Waals surface area (Å²) in [6.45, 7) is 3.87. The second-order valence-corrected chi connectivity index (χ2v) is 5.60. The number of nitriles is 1. The highest BCUT2D eigenvalue weighted by Gasteiger charge is 2.23. The van der Waals surface area contributed by atoms with Gasteiger partial charge in [-0.15, -0.1) is 0 Å². The molecule has 20 heavy (non-hydrogen) atoms. The van der Waals surface area contributed by atoms with E-state index >= 15 is 0 Å². The van der Waals surface area contributed by atoms with Crippen LogP contribution in [0.15, 0.2) is 46.9 Å². The first-order valence-corrected chi connectivity index (χ1v) is 7.09. The fourth-order valence-electron chi connectivity index (χ4n) is 2.09. The first-order valence-electron chi connectivity index (χ1n) is 6.30. The van der Waals surface area contributed by atoms with Crippen LogP contribution >= 0.6 is 15.9 Å². The van der Waals surface area contributed by atoms with Gasteiger partial charge >= 0.3 is 0 Å². The first-order chi connectivity index (χ1) is 9.54. The molecule has 0 aliphatic heterocycles. The lowest BCUT2D eigenvalue weighted by Gasteiger charge is -2.12. The standard InChI is InChI=1S/C17H14BrNO/c1-11-5-3-4-6-14(11)15(10-19)17(20)13-8-7-12(2)16(18)9-13/h3-9,15H,1-2H3. The molecule has 1 unspecified atom stereocenters. The molecule has 0 aromatic heterocycles. The van der Waals surface area contributed by atoms with Gasteiger partial charge in [0.05, 0.1) is 6.07 Å². The number of benzene rings is 2. The molecular weight excluding hydrogens is 314 g/mol. The summed E-state index contributed by atoms with van der Waals surface area (Å²) in [7, 11) is 0. The van der Waals surface area contributed by atoms with Crippen molar-refractivity contribution < 1.29 is 4.79 Å². The van der Waals surface area contributed by atoms with E-state index in [1.165, 1.54) is 0 Å². The highest BCUT2D eigenvalue weighted by Crippen LogP contribution is 2.25. The van der Waals surface area contributed by atoms with Crippen molar-refractivity contribution >= 4 is 21.7 Å². The van der Waals surface area contributed by atoms with E-state index in [9.17, 15) is 10.1 Å². The zero-order valence-electron chi connectivity index (χ0n) is 11.4. The Kier molecular flexibility index (Phi) is 4.36. The molecule has 0 amide bonds. The molecule has 0 aliphatic rings. The van der Waals surface area contributed by atoms with Gasteiger partial charge in [0.25, 0.3) is 0 Å². The summed E-state index contributed by atoms with van der Waals surface area (Å²) in [6, 6.07) is 15.1.